The summed E-state index contributed by atoms with van der Waals surface area (Å²) in [5.74, 6) is -0.184. The lowest BCUT2D eigenvalue weighted by Gasteiger charge is -2.10. The van der Waals surface area contributed by atoms with Crippen molar-refractivity contribution in [3.05, 3.63) is 94.2 Å². The van der Waals surface area contributed by atoms with Gasteiger partial charge in [-0.1, -0.05) is 42.5 Å². The van der Waals surface area contributed by atoms with Gasteiger partial charge in [0.2, 0.25) is 0 Å². The van der Waals surface area contributed by atoms with E-state index in [2.05, 4.69) is 10.3 Å². The molecule has 0 saturated carbocycles. The highest BCUT2D eigenvalue weighted by Gasteiger charge is 2.14. The van der Waals surface area contributed by atoms with Gasteiger partial charge in [0.25, 0.3) is 11.6 Å². The Hall–Kier alpha value is -3.80. The molecule has 1 aromatic heterocycles. The Morgan fingerprint density at radius 3 is 2.54 bits per heavy atom. The van der Waals surface area contributed by atoms with Crippen LogP contribution in [0, 0.1) is 10.1 Å². The number of nitrogens with zero attached hydrogens (tertiary/aromatic N) is 2. The molecule has 6 heteroatoms. The zero-order valence-corrected chi connectivity index (χ0v) is 15.0. The van der Waals surface area contributed by atoms with E-state index in [-0.39, 0.29) is 11.6 Å². The lowest BCUT2D eigenvalue weighted by molar-refractivity contribution is -0.384. The van der Waals surface area contributed by atoms with Crippen LogP contribution in [-0.2, 0) is 6.42 Å². The molecule has 0 unspecified atom stereocenters. The normalized spacial score (nSPS) is 10.9. The Morgan fingerprint density at radius 1 is 1.00 bits per heavy atom. The van der Waals surface area contributed by atoms with Gasteiger partial charge < -0.3 is 5.32 Å². The molecule has 1 N–H and O–H groups in total. The number of hydrogen-bond acceptors (Lipinski definition) is 4. The van der Waals surface area contributed by atoms with Crippen molar-refractivity contribution in [2.45, 2.75) is 6.42 Å². The molecule has 1 amide bonds. The Kier molecular flexibility index (Phi) is 4.68. The second-order valence-electron chi connectivity index (χ2n) is 6.47. The highest BCUT2D eigenvalue weighted by atomic mass is 16.6. The first-order valence-corrected chi connectivity index (χ1v) is 8.91. The molecular weight excluding hydrogens is 354 g/mol. The standard InChI is InChI=1S/C22H17N3O3/c26-22(24-13-11-15-7-9-17(10-8-15)25(27)28)20-14-16-4-1-2-5-18(16)19-6-3-12-23-21(19)20/h1-10,12,14H,11,13H2,(H,24,26). The maximum absolute atomic E-state index is 12.8. The summed E-state index contributed by atoms with van der Waals surface area (Å²) in [4.78, 5) is 27.5. The Labute approximate surface area is 161 Å². The molecule has 0 aliphatic heterocycles. The predicted molar refractivity (Wildman–Crippen MR) is 108 cm³/mol. The second kappa shape index (κ2) is 7.44. The number of pyridine rings is 1. The van der Waals surface area contributed by atoms with Crippen LogP contribution in [0.4, 0.5) is 5.69 Å². The van der Waals surface area contributed by atoms with Crippen LogP contribution in [0.2, 0.25) is 0 Å². The van der Waals surface area contributed by atoms with Crippen molar-refractivity contribution in [2.24, 2.45) is 0 Å². The molecule has 6 nitrogen and oxygen atoms in total. The van der Waals surface area contributed by atoms with Crippen molar-refractivity contribution in [3.63, 3.8) is 0 Å². The highest BCUT2D eigenvalue weighted by Crippen LogP contribution is 2.27. The van der Waals surface area contributed by atoms with Gasteiger partial charge in [-0.25, -0.2) is 0 Å². The maximum atomic E-state index is 12.8. The number of nitrogens with one attached hydrogen (secondary N) is 1. The Bertz CT molecular complexity index is 1190. The topological polar surface area (TPSA) is 85.1 Å². The van der Waals surface area contributed by atoms with Gasteiger partial charge in [-0.15, -0.1) is 0 Å². The van der Waals surface area contributed by atoms with Crippen molar-refractivity contribution in [3.8, 4) is 0 Å². The van der Waals surface area contributed by atoms with Crippen LogP contribution in [0.1, 0.15) is 15.9 Å². The third-order valence-electron chi connectivity index (χ3n) is 4.70. The summed E-state index contributed by atoms with van der Waals surface area (Å²) in [5, 5.41) is 16.6. The molecule has 0 saturated heterocycles. The van der Waals surface area contributed by atoms with Crippen LogP contribution in [-0.4, -0.2) is 22.4 Å². The number of carbonyl (C=O) groups excluding carboxylic acids is 1. The molecule has 0 radical (unpaired) electrons. The highest BCUT2D eigenvalue weighted by molar-refractivity contribution is 6.15. The average molecular weight is 371 g/mol. The van der Waals surface area contributed by atoms with Crippen molar-refractivity contribution in [2.75, 3.05) is 6.54 Å². The Balaban J connectivity index is 1.54. The molecule has 4 aromatic rings. The fraction of sp³-hybridized carbons (Fsp3) is 0.0909. The molecule has 28 heavy (non-hydrogen) atoms. The smallest absolute Gasteiger partial charge is 0.269 e. The fourth-order valence-corrected chi connectivity index (χ4v) is 3.30. The van der Waals surface area contributed by atoms with Crippen LogP contribution >= 0.6 is 0 Å². The number of rotatable bonds is 5. The number of fused-ring (bicyclic) bond motifs is 3. The molecule has 0 bridgehead atoms. The lowest BCUT2D eigenvalue weighted by Crippen LogP contribution is -2.26. The molecule has 4 rings (SSSR count). The van der Waals surface area contributed by atoms with Crippen LogP contribution in [0.25, 0.3) is 21.7 Å². The minimum Gasteiger partial charge on any atom is -0.352 e. The molecular formula is C22H17N3O3. The van der Waals surface area contributed by atoms with Crippen LogP contribution < -0.4 is 5.32 Å². The van der Waals surface area contributed by atoms with Crippen molar-refractivity contribution >= 4 is 33.3 Å². The zero-order valence-electron chi connectivity index (χ0n) is 15.0. The summed E-state index contributed by atoms with van der Waals surface area (Å²) in [6, 6.07) is 20.0. The first kappa shape index (κ1) is 17.6. The van der Waals surface area contributed by atoms with Crippen LogP contribution in [0.5, 0.6) is 0 Å². The molecule has 138 valence electrons. The number of hydrogen-bond donors (Lipinski definition) is 1. The first-order chi connectivity index (χ1) is 13.6. The Morgan fingerprint density at radius 2 is 1.75 bits per heavy atom. The van der Waals surface area contributed by atoms with Crippen molar-refractivity contribution in [1.29, 1.82) is 0 Å². The fourth-order valence-electron chi connectivity index (χ4n) is 3.30. The van der Waals surface area contributed by atoms with E-state index in [0.717, 1.165) is 21.7 Å². The minimum atomic E-state index is -0.427. The molecule has 0 aliphatic rings. The van der Waals surface area contributed by atoms with E-state index in [4.69, 9.17) is 0 Å². The van der Waals surface area contributed by atoms with E-state index < -0.39 is 4.92 Å². The lowest BCUT2D eigenvalue weighted by atomic mass is 10.0. The van der Waals surface area contributed by atoms with Gasteiger partial charge in [-0.2, -0.15) is 0 Å². The SMILES string of the molecule is O=C(NCCc1ccc([N+](=O)[O-])cc1)c1cc2ccccc2c2cccnc12. The molecule has 1 heterocycles. The van der Waals surface area contributed by atoms with Gasteiger partial charge in [-0.05, 0) is 34.9 Å². The van der Waals surface area contributed by atoms with Gasteiger partial charge >= 0.3 is 0 Å². The molecule has 0 atom stereocenters. The summed E-state index contributed by atoms with van der Waals surface area (Å²) in [7, 11) is 0. The molecule has 0 spiro atoms. The molecule has 0 aliphatic carbocycles. The number of nitro groups is 1. The van der Waals surface area contributed by atoms with E-state index in [1.54, 1.807) is 18.3 Å². The number of nitro benzene ring substituents is 1. The van der Waals surface area contributed by atoms with Gasteiger partial charge in [0.1, 0.15) is 0 Å². The summed E-state index contributed by atoms with van der Waals surface area (Å²) < 4.78 is 0. The van der Waals surface area contributed by atoms with Crippen molar-refractivity contribution in [1.82, 2.24) is 10.3 Å². The van der Waals surface area contributed by atoms with E-state index in [9.17, 15) is 14.9 Å². The van der Waals surface area contributed by atoms with E-state index in [0.29, 0.717) is 24.0 Å². The van der Waals surface area contributed by atoms with Gasteiger partial charge in [-0.3, -0.25) is 19.9 Å². The predicted octanol–water partition coefficient (Wildman–Crippen LogP) is 4.27. The summed E-state index contributed by atoms with van der Waals surface area (Å²) in [5.41, 5.74) is 2.20. The van der Waals surface area contributed by atoms with Gasteiger partial charge in [0.05, 0.1) is 16.0 Å². The van der Waals surface area contributed by atoms with Crippen molar-refractivity contribution < 1.29 is 9.72 Å². The number of aromatic nitrogens is 1. The number of carbonyl (C=O) groups is 1. The van der Waals surface area contributed by atoms with Crippen LogP contribution in [0.3, 0.4) is 0 Å². The summed E-state index contributed by atoms with van der Waals surface area (Å²) >= 11 is 0. The van der Waals surface area contributed by atoms with Crippen LogP contribution in [0.15, 0.2) is 72.9 Å². The van der Waals surface area contributed by atoms with E-state index in [1.165, 1.54) is 12.1 Å². The number of non-ortho nitro benzene ring substituents is 1. The molecule has 0 fully saturated rings. The third kappa shape index (κ3) is 3.40. The number of benzene rings is 3. The quantitative estimate of drug-likeness (QED) is 0.322. The first-order valence-electron chi connectivity index (χ1n) is 8.91. The zero-order chi connectivity index (χ0) is 19.5. The van der Waals surface area contributed by atoms with E-state index >= 15 is 0 Å². The number of amides is 1. The van der Waals surface area contributed by atoms with E-state index in [1.807, 2.05) is 42.5 Å². The summed E-state index contributed by atoms with van der Waals surface area (Å²) in [6.45, 7) is 0.428. The monoisotopic (exact) mass is 371 g/mol. The third-order valence-corrected chi connectivity index (χ3v) is 4.70. The maximum Gasteiger partial charge on any atom is 0.269 e. The largest absolute Gasteiger partial charge is 0.352 e. The second-order valence-corrected chi connectivity index (χ2v) is 6.47. The van der Waals surface area contributed by atoms with Gasteiger partial charge in [0.15, 0.2) is 0 Å². The molecule has 3 aromatic carbocycles. The van der Waals surface area contributed by atoms with Gasteiger partial charge in [0, 0.05) is 30.3 Å². The minimum absolute atomic E-state index is 0.0569. The average Bonchev–Trinajstić information content (AvgIpc) is 2.73. The summed E-state index contributed by atoms with van der Waals surface area (Å²) in [6.07, 6.45) is 2.27.